The van der Waals surface area contributed by atoms with E-state index >= 15 is 0 Å². The van der Waals surface area contributed by atoms with Gasteiger partial charge in [-0.2, -0.15) is 0 Å². The molecule has 2 aliphatic heterocycles. The fourth-order valence-electron chi connectivity index (χ4n) is 5.95. The van der Waals surface area contributed by atoms with Gasteiger partial charge < -0.3 is 24.2 Å². The van der Waals surface area contributed by atoms with E-state index in [9.17, 15) is 14.7 Å². The summed E-state index contributed by atoms with van der Waals surface area (Å²) in [6.07, 6.45) is 3.24. The zero-order valence-corrected chi connectivity index (χ0v) is 22.9. The molecule has 0 aliphatic carbocycles. The number of benzene rings is 2. The van der Waals surface area contributed by atoms with Gasteiger partial charge in [0.2, 0.25) is 12.7 Å². The lowest BCUT2D eigenvalue weighted by molar-refractivity contribution is -0.145. The number of rotatable bonds is 12. The van der Waals surface area contributed by atoms with Crippen molar-refractivity contribution >= 4 is 11.9 Å². The number of carboxylic acid groups (broad SMARTS) is 1. The number of ether oxygens (including phenoxy) is 3. The summed E-state index contributed by atoms with van der Waals surface area (Å²) in [5.74, 6) is 0.132. The van der Waals surface area contributed by atoms with Crippen molar-refractivity contribution in [3.05, 3.63) is 53.6 Å². The molecule has 4 atom stereocenters. The number of carbonyl (C=O) groups is 2. The quantitative estimate of drug-likeness (QED) is 0.414. The number of aliphatic carboxylic acids is 1. The van der Waals surface area contributed by atoms with E-state index in [1.165, 1.54) is 0 Å². The van der Waals surface area contributed by atoms with E-state index in [2.05, 4.69) is 25.7 Å². The molecule has 0 spiro atoms. The molecule has 2 heterocycles. The van der Waals surface area contributed by atoms with E-state index in [1.54, 1.807) is 7.11 Å². The van der Waals surface area contributed by atoms with Crippen LogP contribution >= 0.6 is 0 Å². The second-order valence-electron chi connectivity index (χ2n) is 10.1. The number of hydrogen-bond donors (Lipinski definition) is 1. The van der Waals surface area contributed by atoms with Crippen molar-refractivity contribution in [3.8, 4) is 17.2 Å². The first kappa shape index (κ1) is 27.8. The number of nitrogens with zero attached hydrogens (tertiary/aromatic N) is 2. The van der Waals surface area contributed by atoms with Crippen LogP contribution in [0, 0.1) is 5.92 Å². The Kier molecular flexibility index (Phi) is 9.15. The summed E-state index contributed by atoms with van der Waals surface area (Å²) in [7, 11) is 1.61. The number of methoxy groups -OCH3 is 1. The molecule has 0 radical (unpaired) electrons. The van der Waals surface area contributed by atoms with Gasteiger partial charge in [-0.15, -0.1) is 0 Å². The molecule has 1 saturated heterocycles. The molecule has 2 aromatic rings. The van der Waals surface area contributed by atoms with Crippen LogP contribution in [-0.4, -0.2) is 66.4 Å². The summed E-state index contributed by atoms with van der Waals surface area (Å²) in [6.45, 7) is 8.24. The molecule has 1 amide bonds. The first-order valence-corrected chi connectivity index (χ1v) is 13.7. The van der Waals surface area contributed by atoms with Crippen molar-refractivity contribution in [3.63, 3.8) is 0 Å². The van der Waals surface area contributed by atoms with Crippen LogP contribution in [-0.2, 0) is 9.59 Å². The third-order valence-corrected chi connectivity index (χ3v) is 7.65. The normalized spacial score (nSPS) is 21.3. The first-order chi connectivity index (χ1) is 18.4. The number of amides is 1. The molecule has 0 saturated carbocycles. The molecule has 2 aliphatic rings. The minimum Gasteiger partial charge on any atom is -0.497 e. The lowest BCUT2D eigenvalue weighted by Gasteiger charge is -2.36. The van der Waals surface area contributed by atoms with Crippen molar-refractivity contribution < 1.29 is 28.9 Å². The number of likely N-dealkylation sites (tertiary alicyclic amines) is 1. The molecular weight excluding hydrogens is 484 g/mol. The minimum absolute atomic E-state index is 0.0875. The Bertz CT molecular complexity index is 1100. The molecule has 4 rings (SSSR count). The predicted molar refractivity (Wildman–Crippen MR) is 145 cm³/mol. The first-order valence-electron chi connectivity index (χ1n) is 13.7. The summed E-state index contributed by atoms with van der Waals surface area (Å²) in [5.41, 5.74) is 1.75. The third kappa shape index (κ3) is 5.60. The Morgan fingerprint density at radius 1 is 1.00 bits per heavy atom. The van der Waals surface area contributed by atoms with Gasteiger partial charge in [-0.25, -0.2) is 0 Å². The average Bonchev–Trinajstić information content (AvgIpc) is 3.56. The van der Waals surface area contributed by atoms with Crippen molar-refractivity contribution in [1.82, 2.24) is 9.80 Å². The predicted octanol–water partition coefficient (Wildman–Crippen LogP) is 5.08. The third-order valence-electron chi connectivity index (χ3n) is 7.65. The highest BCUT2D eigenvalue weighted by Gasteiger charge is 2.51. The van der Waals surface area contributed by atoms with Crippen LogP contribution in [0.15, 0.2) is 42.5 Å². The zero-order valence-electron chi connectivity index (χ0n) is 22.9. The van der Waals surface area contributed by atoms with Crippen LogP contribution in [0.5, 0.6) is 17.2 Å². The summed E-state index contributed by atoms with van der Waals surface area (Å²) in [4.78, 5) is 31.1. The van der Waals surface area contributed by atoms with Crippen LogP contribution in [0.1, 0.15) is 69.5 Å². The Morgan fingerprint density at radius 3 is 2.26 bits per heavy atom. The van der Waals surface area contributed by atoms with Gasteiger partial charge in [-0.3, -0.25) is 14.5 Å². The molecule has 8 heteroatoms. The highest BCUT2D eigenvalue weighted by molar-refractivity contribution is 5.82. The van der Waals surface area contributed by atoms with E-state index in [-0.39, 0.29) is 18.6 Å². The largest absolute Gasteiger partial charge is 0.497 e. The van der Waals surface area contributed by atoms with Gasteiger partial charge >= 0.3 is 5.97 Å². The van der Waals surface area contributed by atoms with Gasteiger partial charge in [-0.05, 0) is 54.7 Å². The molecule has 2 aromatic carbocycles. The van der Waals surface area contributed by atoms with Crippen molar-refractivity contribution in [2.75, 3.05) is 33.5 Å². The summed E-state index contributed by atoms with van der Waals surface area (Å²) in [6, 6.07) is 12.4. The maximum atomic E-state index is 14.0. The Labute approximate surface area is 225 Å². The molecular formula is C30H40N2O6. The minimum atomic E-state index is -0.877. The maximum absolute atomic E-state index is 14.0. The van der Waals surface area contributed by atoms with Gasteiger partial charge in [0.1, 0.15) is 5.75 Å². The van der Waals surface area contributed by atoms with Crippen LogP contribution < -0.4 is 14.2 Å². The second-order valence-corrected chi connectivity index (χ2v) is 10.1. The molecule has 8 nitrogen and oxygen atoms in total. The van der Waals surface area contributed by atoms with Crippen molar-refractivity contribution in [1.29, 1.82) is 0 Å². The second kappa shape index (κ2) is 12.5. The van der Waals surface area contributed by atoms with E-state index in [0.717, 1.165) is 30.4 Å². The summed E-state index contributed by atoms with van der Waals surface area (Å²) < 4.78 is 16.5. The van der Waals surface area contributed by atoms with Gasteiger partial charge in [-0.1, -0.05) is 45.4 Å². The monoisotopic (exact) mass is 524 g/mol. The summed E-state index contributed by atoms with van der Waals surface area (Å²) in [5, 5.41) is 10.6. The van der Waals surface area contributed by atoms with Crippen LogP contribution in [0.2, 0.25) is 0 Å². The van der Waals surface area contributed by atoms with Gasteiger partial charge in [0.15, 0.2) is 11.5 Å². The van der Waals surface area contributed by atoms with Gasteiger partial charge in [0.05, 0.1) is 19.1 Å². The molecule has 0 unspecified atom stereocenters. The SMILES string of the molecule is CCC[C@@H](C(=O)N(CCC)CCC)N1C[C@@H](c2ccc3c(c2)OCO3)[C@@H](C(=O)O)[C@@H]1c1ccc(OC)cc1. The maximum Gasteiger partial charge on any atom is 0.309 e. The molecule has 0 aromatic heterocycles. The molecule has 38 heavy (non-hydrogen) atoms. The zero-order chi connectivity index (χ0) is 27.2. The molecule has 1 N–H and O–H groups in total. The van der Waals surface area contributed by atoms with Crippen molar-refractivity contribution in [2.24, 2.45) is 5.92 Å². The number of carbonyl (C=O) groups excluding carboxylic acids is 1. The highest BCUT2D eigenvalue weighted by Crippen LogP contribution is 2.49. The van der Waals surface area contributed by atoms with E-state index in [4.69, 9.17) is 14.2 Å². The van der Waals surface area contributed by atoms with Crippen molar-refractivity contribution in [2.45, 2.75) is 64.5 Å². The molecule has 206 valence electrons. The Hall–Kier alpha value is -3.26. The number of carboxylic acids is 1. The lowest BCUT2D eigenvalue weighted by atomic mass is 9.82. The van der Waals surface area contributed by atoms with E-state index in [0.29, 0.717) is 43.3 Å². The average molecular weight is 525 g/mol. The van der Waals surface area contributed by atoms with E-state index < -0.39 is 24.0 Å². The van der Waals surface area contributed by atoms with Crippen LogP contribution in [0.4, 0.5) is 0 Å². The van der Waals surface area contributed by atoms with E-state index in [1.807, 2.05) is 47.4 Å². The molecule has 0 bridgehead atoms. The summed E-state index contributed by atoms with van der Waals surface area (Å²) >= 11 is 0. The standard InChI is InChI=1S/C30H40N2O6/c1-5-8-24(29(33)31(15-6-2)16-7-3)32-18-23(21-11-14-25-26(17-21)38-19-37-25)27(30(34)35)28(32)20-9-12-22(36-4)13-10-20/h9-14,17,23-24,27-28H,5-8,15-16,18-19H2,1-4H3,(H,34,35)/t23-,24-,27+,28-/m0/s1. The van der Waals surface area contributed by atoms with Gasteiger partial charge in [0, 0.05) is 31.6 Å². The van der Waals surface area contributed by atoms with Crippen LogP contribution in [0.3, 0.4) is 0 Å². The smallest absolute Gasteiger partial charge is 0.309 e. The molecule has 1 fully saturated rings. The fourth-order valence-corrected chi connectivity index (χ4v) is 5.95. The number of fused-ring (bicyclic) bond motifs is 1. The fraction of sp³-hybridized carbons (Fsp3) is 0.533. The van der Waals surface area contributed by atoms with Gasteiger partial charge in [0.25, 0.3) is 0 Å². The number of hydrogen-bond acceptors (Lipinski definition) is 6. The Balaban J connectivity index is 1.80. The Morgan fingerprint density at radius 2 is 1.66 bits per heavy atom. The van der Waals surface area contributed by atoms with Crippen LogP contribution in [0.25, 0.3) is 0 Å². The lowest BCUT2D eigenvalue weighted by Crippen LogP contribution is -2.49. The highest BCUT2D eigenvalue weighted by atomic mass is 16.7. The topological polar surface area (TPSA) is 88.5 Å².